The van der Waals surface area contributed by atoms with Crippen LogP contribution in [0.15, 0.2) is 54.6 Å². The van der Waals surface area contributed by atoms with E-state index < -0.39 is 5.95 Å². The SMILES string of the molecule is Fc1cccc(-c2ccc3ccccc3n2)n1. The van der Waals surface area contributed by atoms with Crippen LogP contribution >= 0.6 is 0 Å². The zero-order chi connectivity index (χ0) is 11.7. The van der Waals surface area contributed by atoms with Crippen LogP contribution in [0.1, 0.15) is 0 Å². The lowest BCUT2D eigenvalue weighted by Crippen LogP contribution is -1.90. The lowest BCUT2D eigenvalue weighted by atomic mass is 10.2. The van der Waals surface area contributed by atoms with E-state index in [9.17, 15) is 4.39 Å². The predicted octanol–water partition coefficient (Wildman–Crippen LogP) is 3.44. The zero-order valence-electron chi connectivity index (χ0n) is 8.97. The maximum absolute atomic E-state index is 13.0. The van der Waals surface area contributed by atoms with E-state index in [-0.39, 0.29) is 0 Å². The van der Waals surface area contributed by atoms with Gasteiger partial charge >= 0.3 is 0 Å². The summed E-state index contributed by atoms with van der Waals surface area (Å²) in [7, 11) is 0. The smallest absolute Gasteiger partial charge is 0.213 e. The maximum Gasteiger partial charge on any atom is 0.213 e. The second-order valence-corrected chi connectivity index (χ2v) is 3.73. The molecule has 3 heteroatoms. The molecule has 0 radical (unpaired) electrons. The molecule has 17 heavy (non-hydrogen) atoms. The number of hydrogen-bond acceptors (Lipinski definition) is 2. The Morgan fingerprint density at radius 1 is 0.706 bits per heavy atom. The Balaban J connectivity index is 2.18. The average molecular weight is 224 g/mol. The van der Waals surface area contributed by atoms with Crippen LogP contribution in [0.4, 0.5) is 4.39 Å². The molecule has 2 aromatic heterocycles. The Bertz CT molecular complexity index is 680. The minimum atomic E-state index is -0.488. The van der Waals surface area contributed by atoms with Crippen molar-refractivity contribution in [1.82, 2.24) is 9.97 Å². The van der Waals surface area contributed by atoms with Gasteiger partial charge in [-0.25, -0.2) is 9.97 Å². The summed E-state index contributed by atoms with van der Waals surface area (Å²) in [5.41, 5.74) is 2.12. The van der Waals surface area contributed by atoms with Crippen molar-refractivity contribution in [2.24, 2.45) is 0 Å². The summed E-state index contributed by atoms with van der Waals surface area (Å²) in [6.07, 6.45) is 0. The molecule has 0 aliphatic rings. The Morgan fingerprint density at radius 2 is 1.53 bits per heavy atom. The van der Waals surface area contributed by atoms with Crippen LogP contribution in [0.5, 0.6) is 0 Å². The topological polar surface area (TPSA) is 25.8 Å². The van der Waals surface area contributed by atoms with E-state index >= 15 is 0 Å². The molecule has 3 rings (SSSR count). The highest BCUT2D eigenvalue weighted by Gasteiger charge is 2.03. The van der Waals surface area contributed by atoms with E-state index in [1.165, 1.54) is 6.07 Å². The van der Waals surface area contributed by atoms with Crippen molar-refractivity contribution in [3.63, 3.8) is 0 Å². The van der Waals surface area contributed by atoms with Crippen molar-refractivity contribution in [3.05, 3.63) is 60.5 Å². The fourth-order valence-corrected chi connectivity index (χ4v) is 1.76. The number of nitrogens with zero attached hydrogens (tertiary/aromatic N) is 2. The number of fused-ring (bicyclic) bond motifs is 1. The van der Waals surface area contributed by atoms with E-state index in [4.69, 9.17) is 0 Å². The van der Waals surface area contributed by atoms with Crippen LogP contribution in [-0.4, -0.2) is 9.97 Å². The minimum absolute atomic E-state index is 0.488. The Hall–Kier alpha value is -2.29. The molecule has 0 amide bonds. The molecule has 0 aliphatic heterocycles. The van der Waals surface area contributed by atoms with Crippen molar-refractivity contribution in [2.45, 2.75) is 0 Å². The summed E-state index contributed by atoms with van der Waals surface area (Å²) in [6.45, 7) is 0. The fourth-order valence-electron chi connectivity index (χ4n) is 1.76. The third-order valence-corrected chi connectivity index (χ3v) is 2.58. The summed E-state index contributed by atoms with van der Waals surface area (Å²) in [4.78, 5) is 8.28. The molecule has 2 nitrogen and oxygen atoms in total. The van der Waals surface area contributed by atoms with Crippen LogP contribution in [0, 0.1) is 5.95 Å². The summed E-state index contributed by atoms with van der Waals surface area (Å²) < 4.78 is 13.0. The van der Waals surface area contributed by atoms with Gasteiger partial charge in [-0.05, 0) is 24.3 Å². The quantitative estimate of drug-likeness (QED) is 0.592. The number of hydrogen-bond donors (Lipinski definition) is 0. The van der Waals surface area contributed by atoms with Crippen molar-refractivity contribution >= 4 is 10.9 Å². The molecule has 0 spiro atoms. The molecule has 0 saturated carbocycles. The van der Waals surface area contributed by atoms with E-state index in [0.717, 1.165) is 10.9 Å². The second kappa shape index (κ2) is 3.94. The highest BCUT2D eigenvalue weighted by Crippen LogP contribution is 2.19. The van der Waals surface area contributed by atoms with Crippen LogP contribution < -0.4 is 0 Å². The van der Waals surface area contributed by atoms with E-state index in [2.05, 4.69) is 9.97 Å². The first-order valence-corrected chi connectivity index (χ1v) is 5.32. The number of halogens is 1. The molecule has 1 aromatic carbocycles. The third kappa shape index (κ3) is 1.87. The van der Waals surface area contributed by atoms with Crippen LogP contribution in [0.3, 0.4) is 0 Å². The van der Waals surface area contributed by atoms with Gasteiger partial charge in [0.25, 0.3) is 0 Å². The van der Waals surface area contributed by atoms with Gasteiger partial charge in [0.1, 0.15) is 0 Å². The normalized spacial score (nSPS) is 10.6. The van der Waals surface area contributed by atoms with Gasteiger partial charge in [-0.3, -0.25) is 0 Å². The van der Waals surface area contributed by atoms with E-state index in [1.807, 2.05) is 36.4 Å². The van der Waals surface area contributed by atoms with E-state index in [0.29, 0.717) is 11.4 Å². The number of rotatable bonds is 1. The largest absolute Gasteiger partial charge is 0.246 e. The molecule has 0 unspecified atom stereocenters. The molecule has 0 saturated heterocycles. The molecular formula is C14H9FN2. The lowest BCUT2D eigenvalue weighted by Gasteiger charge is -2.02. The number of para-hydroxylation sites is 1. The van der Waals surface area contributed by atoms with Gasteiger partial charge in [0.2, 0.25) is 5.95 Å². The van der Waals surface area contributed by atoms with Crippen molar-refractivity contribution < 1.29 is 4.39 Å². The molecular weight excluding hydrogens is 215 g/mol. The predicted molar refractivity (Wildman–Crippen MR) is 64.9 cm³/mol. The van der Waals surface area contributed by atoms with Crippen LogP contribution in [-0.2, 0) is 0 Å². The highest BCUT2D eigenvalue weighted by atomic mass is 19.1. The first kappa shape index (κ1) is 9.90. The average Bonchev–Trinajstić information content (AvgIpc) is 2.38. The molecule has 0 fully saturated rings. The number of aromatic nitrogens is 2. The van der Waals surface area contributed by atoms with Crippen molar-refractivity contribution in [1.29, 1.82) is 0 Å². The van der Waals surface area contributed by atoms with E-state index in [1.54, 1.807) is 12.1 Å². The number of benzene rings is 1. The molecule has 2 heterocycles. The first-order chi connectivity index (χ1) is 8.33. The maximum atomic E-state index is 13.0. The standard InChI is InChI=1S/C14H9FN2/c15-14-7-3-6-12(17-14)13-9-8-10-4-1-2-5-11(10)16-13/h1-9H. The molecule has 0 atom stereocenters. The molecule has 82 valence electrons. The molecule has 0 bridgehead atoms. The lowest BCUT2D eigenvalue weighted by molar-refractivity contribution is 0.585. The summed E-state index contributed by atoms with van der Waals surface area (Å²) in [5, 5.41) is 1.06. The molecule has 0 aliphatic carbocycles. The Kier molecular flexibility index (Phi) is 2.29. The zero-order valence-corrected chi connectivity index (χ0v) is 8.97. The third-order valence-electron chi connectivity index (χ3n) is 2.58. The van der Waals surface area contributed by atoms with Gasteiger partial charge in [-0.15, -0.1) is 0 Å². The summed E-state index contributed by atoms with van der Waals surface area (Å²) >= 11 is 0. The van der Waals surface area contributed by atoms with Gasteiger partial charge in [0.15, 0.2) is 0 Å². The van der Waals surface area contributed by atoms with Gasteiger partial charge in [0, 0.05) is 5.39 Å². The van der Waals surface area contributed by atoms with Gasteiger partial charge in [-0.1, -0.05) is 30.3 Å². The van der Waals surface area contributed by atoms with Crippen molar-refractivity contribution in [3.8, 4) is 11.4 Å². The van der Waals surface area contributed by atoms with Gasteiger partial charge < -0.3 is 0 Å². The Morgan fingerprint density at radius 3 is 2.41 bits per heavy atom. The highest BCUT2D eigenvalue weighted by molar-refractivity contribution is 5.80. The monoisotopic (exact) mass is 224 g/mol. The van der Waals surface area contributed by atoms with Crippen LogP contribution in [0.25, 0.3) is 22.3 Å². The molecule has 3 aromatic rings. The van der Waals surface area contributed by atoms with Gasteiger partial charge in [-0.2, -0.15) is 4.39 Å². The summed E-state index contributed by atoms with van der Waals surface area (Å²) in [5.74, 6) is -0.488. The van der Waals surface area contributed by atoms with Crippen LogP contribution in [0.2, 0.25) is 0 Å². The minimum Gasteiger partial charge on any atom is -0.246 e. The Labute approximate surface area is 97.8 Å². The van der Waals surface area contributed by atoms with Gasteiger partial charge in [0.05, 0.1) is 16.9 Å². The summed E-state index contributed by atoms with van der Waals surface area (Å²) in [6, 6.07) is 16.3. The fraction of sp³-hybridized carbons (Fsp3) is 0. The first-order valence-electron chi connectivity index (χ1n) is 5.32. The second-order valence-electron chi connectivity index (χ2n) is 3.73. The number of pyridine rings is 2. The van der Waals surface area contributed by atoms with Crippen molar-refractivity contribution in [2.75, 3.05) is 0 Å². The molecule has 0 N–H and O–H groups in total.